The van der Waals surface area contributed by atoms with Gasteiger partial charge in [0.1, 0.15) is 5.78 Å². The van der Waals surface area contributed by atoms with Crippen molar-refractivity contribution in [1.82, 2.24) is 9.78 Å². The van der Waals surface area contributed by atoms with Crippen molar-refractivity contribution in [3.8, 4) is 0 Å². The van der Waals surface area contributed by atoms with Gasteiger partial charge in [-0.25, -0.2) is 0 Å². The molecule has 3 heteroatoms. The van der Waals surface area contributed by atoms with E-state index in [4.69, 9.17) is 0 Å². The predicted molar refractivity (Wildman–Crippen MR) is 77.1 cm³/mol. The van der Waals surface area contributed by atoms with Crippen molar-refractivity contribution >= 4 is 5.78 Å². The molecule has 0 aromatic carbocycles. The number of hydrogen-bond donors (Lipinski definition) is 0. The van der Waals surface area contributed by atoms with E-state index in [-0.39, 0.29) is 0 Å². The van der Waals surface area contributed by atoms with Gasteiger partial charge in [0.15, 0.2) is 0 Å². The number of hydrogen-bond acceptors (Lipinski definition) is 2. The molecule has 3 nitrogen and oxygen atoms in total. The van der Waals surface area contributed by atoms with Crippen LogP contribution in [0.1, 0.15) is 70.5 Å². The molecule has 0 bridgehead atoms. The Balaban J connectivity index is 1.84. The number of carbonyl (C=O) groups is 1. The van der Waals surface area contributed by atoms with Gasteiger partial charge in [0.25, 0.3) is 0 Å². The molecule has 0 aliphatic heterocycles. The molecule has 1 fully saturated rings. The van der Waals surface area contributed by atoms with Gasteiger partial charge in [0, 0.05) is 18.5 Å². The van der Waals surface area contributed by atoms with E-state index in [1.54, 1.807) is 0 Å². The number of aromatic nitrogens is 2. The van der Waals surface area contributed by atoms with E-state index in [2.05, 4.69) is 35.9 Å². The lowest BCUT2D eigenvalue weighted by atomic mass is 9.98. The number of carbonyl (C=O) groups excluding carboxylic acids is 1. The molecular formula is C16H26N2O. The number of nitrogens with zero attached hydrogens (tertiary/aromatic N) is 2. The first-order chi connectivity index (χ1) is 9.24. The molecule has 0 unspecified atom stereocenters. The van der Waals surface area contributed by atoms with E-state index < -0.39 is 0 Å². The van der Waals surface area contributed by atoms with Gasteiger partial charge in [0.05, 0.1) is 11.7 Å². The Morgan fingerprint density at radius 1 is 1.37 bits per heavy atom. The maximum Gasteiger partial charge on any atom is 0.136 e. The zero-order valence-corrected chi connectivity index (χ0v) is 12.3. The van der Waals surface area contributed by atoms with Crippen LogP contribution in [-0.2, 0) is 11.2 Å². The van der Waals surface area contributed by atoms with E-state index in [1.807, 2.05) is 0 Å². The van der Waals surface area contributed by atoms with Crippen LogP contribution in [-0.4, -0.2) is 15.6 Å². The van der Waals surface area contributed by atoms with E-state index in [0.29, 0.717) is 24.2 Å². The fraction of sp³-hybridized carbons (Fsp3) is 0.750. The summed E-state index contributed by atoms with van der Waals surface area (Å²) < 4.78 is 2.06. The second kappa shape index (κ2) is 6.88. The van der Waals surface area contributed by atoms with Crippen LogP contribution in [0.3, 0.4) is 0 Å². The molecule has 0 atom stereocenters. The van der Waals surface area contributed by atoms with Gasteiger partial charge in [-0.2, -0.15) is 5.10 Å². The lowest BCUT2D eigenvalue weighted by molar-refractivity contribution is -0.122. The molecule has 1 saturated carbocycles. The third-order valence-corrected chi connectivity index (χ3v) is 4.42. The minimum atomic E-state index is 0.348. The average molecular weight is 262 g/mol. The molecular weight excluding hydrogens is 236 g/mol. The Hall–Kier alpha value is -1.12. The standard InChI is InChI=1S/C16H26N2O/c1-3-15(4-2)18-12-11-14(17-18)9-10-16(19)13-7-5-6-8-13/h11-13,15H,3-10H2,1-2H3. The molecule has 0 N–H and O–H groups in total. The van der Waals surface area contributed by atoms with Gasteiger partial charge in [0.2, 0.25) is 0 Å². The SMILES string of the molecule is CCC(CC)n1ccc(CCC(=O)C2CCCC2)n1. The summed E-state index contributed by atoms with van der Waals surface area (Å²) in [6.07, 6.45) is 10.5. The first-order valence-corrected chi connectivity index (χ1v) is 7.81. The van der Waals surface area contributed by atoms with Crippen LogP contribution in [0.2, 0.25) is 0 Å². The lowest BCUT2D eigenvalue weighted by Gasteiger charge is -2.12. The average Bonchev–Trinajstić information content (AvgIpc) is 3.09. The second-order valence-corrected chi connectivity index (χ2v) is 5.71. The highest BCUT2D eigenvalue weighted by Gasteiger charge is 2.22. The normalized spacial score (nSPS) is 16.4. The third kappa shape index (κ3) is 3.68. The summed E-state index contributed by atoms with van der Waals surface area (Å²) in [4.78, 5) is 12.0. The Bertz CT molecular complexity index is 401. The molecule has 1 aromatic rings. The smallest absolute Gasteiger partial charge is 0.136 e. The fourth-order valence-corrected chi connectivity index (χ4v) is 3.08. The van der Waals surface area contributed by atoms with Gasteiger partial charge in [-0.1, -0.05) is 26.7 Å². The van der Waals surface area contributed by atoms with Crippen LogP contribution in [0.25, 0.3) is 0 Å². The number of ketones is 1. The predicted octanol–water partition coefficient (Wildman–Crippen LogP) is 3.94. The van der Waals surface area contributed by atoms with Crippen LogP contribution in [0, 0.1) is 5.92 Å². The van der Waals surface area contributed by atoms with E-state index in [9.17, 15) is 4.79 Å². The van der Waals surface area contributed by atoms with E-state index in [1.165, 1.54) is 12.8 Å². The van der Waals surface area contributed by atoms with Gasteiger partial charge < -0.3 is 0 Å². The van der Waals surface area contributed by atoms with Crippen molar-refractivity contribution in [2.45, 2.75) is 71.3 Å². The molecule has 0 saturated heterocycles. The molecule has 19 heavy (non-hydrogen) atoms. The fourth-order valence-electron chi connectivity index (χ4n) is 3.08. The minimum absolute atomic E-state index is 0.348. The number of rotatable bonds is 7. The maximum atomic E-state index is 12.0. The van der Waals surface area contributed by atoms with Crippen LogP contribution < -0.4 is 0 Å². The van der Waals surface area contributed by atoms with Crippen LogP contribution >= 0.6 is 0 Å². The molecule has 0 amide bonds. The molecule has 0 radical (unpaired) electrons. The highest BCUT2D eigenvalue weighted by molar-refractivity contribution is 5.81. The Labute approximate surface area is 116 Å². The largest absolute Gasteiger partial charge is 0.299 e. The monoisotopic (exact) mass is 262 g/mol. The van der Waals surface area contributed by atoms with Crippen molar-refractivity contribution in [2.75, 3.05) is 0 Å². The van der Waals surface area contributed by atoms with Crippen molar-refractivity contribution in [1.29, 1.82) is 0 Å². The molecule has 106 valence electrons. The Kier molecular flexibility index (Phi) is 5.17. The molecule has 1 aromatic heterocycles. The summed E-state index contributed by atoms with van der Waals surface area (Å²) in [7, 11) is 0. The van der Waals surface area contributed by atoms with Gasteiger partial charge in [-0.15, -0.1) is 0 Å². The Morgan fingerprint density at radius 3 is 2.68 bits per heavy atom. The van der Waals surface area contributed by atoms with Gasteiger partial charge >= 0.3 is 0 Å². The summed E-state index contributed by atoms with van der Waals surface area (Å²) in [5.41, 5.74) is 1.07. The number of aryl methyl sites for hydroxylation is 1. The summed E-state index contributed by atoms with van der Waals surface area (Å²) >= 11 is 0. The van der Waals surface area contributed by atoms with Crippen molar-refractivity contribution < 1.29 is 4.79 Å². The summed E-state index contributed by atoms with van der Waals surface area (Å²) in [6, 6.07) is 2.57. The first-order valence-electron chi connectivity index (χ1n) is 7.81. The van der Waals surface area contributed by atoms with Gasteiger partial charge in [-0.3, -0.25) is 9.48 Å². The number of Topliss-reactive ketones (excluding diaryl/α,β-unsaturated/α-hetero) is 1. The van der Waals surface area contributed by atoms with Crippen LogP contribution in [0.4, 0.5) is 0 Å². The topological polar surface area (TPSA) is 34.9 Å². The van der Waals surface area contributed by atoms with Crippen LogP contribution in [0.15, 0.2) is 12.3 Å². The highest BCUT2D eigenvalue weighted by atomic mass is 16.1. The lowest BCUT2D eigenvalue weighted by Crippen LogP contribution is -2.12. The first kappa shape index (κ1) is 14.3. The second-order valence-electron chi connectivity index (χ2n) is 5.71. The zero-order valence-electron chi connectivity index (χ0n) is 12.3. The molecule has 1 aliphatic carbocycles. The summed E-state index contributed by atoms with van der Waals surface area (Å²) in [5, 5.41) is 4.62. The molecule has 1 heterocycles. The quantitative estimate of drug-likeness (QED) is 0.746. The van der Waals surface area contributed by atoms with E-state index >= 15 is 0 Å². The third-order valence-electron chi connectivity index (χ3n) is 4.42. The maximum absolute atomic E-state index is 12.0. The van der Waals surface area contributed by atoms with Crippen molar-refractivity contribution in [3.05, 3.63) is 18.0 Å². The molecule has 0 spiro atoms. The zero-order chi connectivity index (χ0) is 13.7. The van der Waals surface area contributed by atoms with Crippen LogP contribution in [0.5, 0.6) is 0 Å². The molecule has 2 rings (SSSR count). The highest BCUT2D eigenvalue weighted by Crippen LogP contribution is 2.26. The Morgan fingerprint density at radius 2 is 2.05 bits per heavy atom. The summed E-state index contributed by atoms with van der Waals surface area (Å²) in [6.45, 7) is 4.39. The van der Waals surface area contributed by atoms with Crippen molar-refractivity contribution in [3.63, 3.8) is 0 Å². The minimum Gasteiger partial charge on any atom is -0.299 e. The summed E-state index contributed by atoms with van der Waals surface area (Å²) in [5.74, 6) is 0.802. The van der Waals surface area contributed by atoms with Gasteiger partial charge in [-0.05, 0) is 38.2 Å². The molecule has 1 aliphatic rings. The van der Waals surface area contributed by atoms with E-state index in [0.717, 1.165) is 37.8 Å². The van der Waals surface area contributed by atoms with Crippen molar-refractivity contribution in [2.24, 2.45) is 5.92 Å².